The maximum atomic E-state index is 12.9. The molecule has 2 aromatic rings. The van der Waals surface area contributed by atoms with Crippen LogP contribution >= 0.6 is 0 Å². The summed E-state index contributed by atoms with van der Waals surface area (Å²) in [7, 11) is -0.732. The van der Waals surface area contributed by atoms with Crippen LogP contribution < -0.4 is 14.2 Å². The largest absolute Gasteiger partial charge is 0.496 e. The van der Waals surface area contributed by atoms with Crippen LogP contribution in [0.2, 0.25) is 0 Å². The Morgan fingerprint density at radius 2 is 1.56 bits per heavy atom. The molecule has 0 unspecified atom stereocenters. The molecule has 2 rings (SSSR count). The Morgan fingerprint density at radius 1 is 0.920 bits per heavy atom. The molecule has 0 heterocycles. The third-order valence-corrected chi connectivity index (χ3v) is 5.64. The molecule has 1 atom stereocenters. The number of nitrogens with one attached hydrogen (secondary N) is 1. The van der Waals surface area contributed by atoms with E-state index in [1.165, 1.54) is 7.11 Å². The van der Waals surface area contributed by atoms with Crippen LogP contribution in [0.4, 0.5) is 0 Å². The topological polar surface area (TPSA) is 64.6 Å². The molecule has 0 aromatic heterocycles. The van der Waals surface area contributed by atoms with Gasteiger partial charge in [-0.25, -0.2) is 13.1 Å². The summed E-state index contributed by atoms with van der Waals surface area (Å²) in [6.07, 6.45) is 0. The molecule has 0 bridgehead atoms. The van der Waals surface area contributed by atoms with Crippen molar-refractivity contribution in [2.24, 2.45) is 0 Å². The third-order valence-electron chi connectivity index (χ3n) is 4.08. The molecular weight excluding hydrogens is 338 g/mol. The highest BCUT2D eigenvalue weighted by atomic mass is 32.2. The molecule has 6 heteroatoms. The summed E-state index contributed by atoms with van der Waals surface area (Å²) >= 11 is 0. The first-order valence-corrected chi connectivity index (χ1v) is 9.61. The lowest BCUT2D eigenvalue weighted by Gasteiger charge is -2.19. The van der Waals surface area contributed by atoms with E-state index in [4.69, 9.17) is 9.47 Å². The zero-order valence-corrected chi connectivity index (χ0v) is 16.1. The van der Waals surface area contributed by atoms with E-state index in [0.29, 0.717) is 11.5 Å². The van der Waals surface area contributed by atoms with Gasteiger partial charge in [0.2, 0.25) is 10.0 Å². The third kappa shape index (κ3) is 4.32. The van der Waals surface area contributed by atoms with Crippen molar-refractivity contribution in [3.05, 3.63) is 53.6 Å². The van der Waals surface area contributed by atoms with Gasteiger partial charge >= 0.3 is 0 Å². The zero-order chi connectivity index (χ0) is 18.6. The Hall–Kier alpha value is -2.05. The predicted molar refractivity (Wildman–Crippen MR) is 98.8 cm³/mol. The van der Waals surface area contributed by atoms with Crippen molar-refractivity contribution in [2.75, 3.05) is 14.2 Å². The van der Waals surface area contributed by atoms with Crippen LogP contribution in [0.5, 0.6) is 11.5 Å². The molecule has 0 spiro atoms. The average Bonchev–Trinajstić information content (AvgIpc) is 2.60. The summed E-state index contributed by atoms with van der Waals surface area (Å²) in [5, 5.41) is 0. The van der Waals surface area contributed by atoms with Gasteiger partial charge in [0.15, 0.2) is 0 Å². The molecule has 0 radical (unpaired) electrons. The lowest BCUT2D eigenvalue weighted by Crippen LogP contribution is -2.27. The lowest BCUT2D eigenvalue weighted by molar-refractivity contribution is 0.400. The molecule has 5 nitrogen and oxygen atoms in total. The van der Waals surface area contributed by atoms with Crippen molar-refractivity contribution < 1.29 is 17.9 Å². The van der Waals surface area contributed by atoms with Crippen molar-refractivity contribution in [3.63, 3.8) is 0 Å². The number of rotatable bonds is 7. The van der Waals surface area contributed by atoms with Gasteiger partial charge in [0.25, 0.3) is 0 Å². The van der Waals surface area contributed by atoms with E-state index in [0.717, 1.165) is 11.1 Å². The van der Waals surface area contributed by atoms with Crippen molar-refractivity contribution in [1.29, 1.82) is 0 Å². The molecule has 1 N–H and O–H groups in total. The molecule has 0 saturated carbocycles. The molecule has 0 fully saturated rings. The van der Waals surface area contributed by atoms with E-state index in [2.05, 4.69) is 4.72 Å². The second kappa shape index (κ2) is 7.89. The second-order valence-corrected chi connectivity index (χ2v) is 7.83. The zero-order valence-electron chi connectivity index (χ0n) is 15.2. The first-order valence-electron chi connectivity index (χ1n) is 8.13. The summed E-state index contributed by atoms with van der Waals surface area (Å²) in [5.74, 6) is 1.18. The fraction of sp³-hybridized carbons (Fsp3) is 0.368. The number of hydrogen-bond donors (Lipinski definition) is 1. The Balaban J connectivity index is 2.40. The van der Waals surface area contributed by atoms with Crippen LogP contribution in [0.15, 0.2) is 47.4 Å². The predicted octanol–water partition coefficient (Wildman–Crippen LogP) is 3.87. The Morgan fingerprint density at radius 3 is 2.16 bits per heavy atom. The first-order chi connectivity index (χ1) is 11.8. The van der Waals surface area contributed by atoms with E-state index in [1.54, 1.807) is 32.2 Å². The highest BCUT2D eigenvalue weighted by molar-refractivity contribution is 7.89. The van der Waals surface area contributed by atoms with Crippen LogP contribution in [-0.4, -0.2) is 22.6 Å². The van der Waals surface area contributed by atoms with Crippen LogP contribution in [0.25, 0.3) is 0 Å². The molecule has 25 heavy (non-hydrogen) atoms. The van der Waals surface area contributed by atoms with Gasteiger partial charge in [-0.15, -0.1) is 0 Å². The molecule has 0 aliphatic rings. The van der Waals surface area contributed by atoms with E-state index in [-0.39, 0.29) is 10.8 Å². The minimum absolute atomic E-state index is 0.142. The lowest BCUT2D eigenvalue weighted by atomic mass is 10.0. The number of hydrogen-bond acceptors (Lipinski definition) is 4. The van der Waals surface area contributed by atoms with Gasteiger partial charge in [-0.1, -0.05) is 38.1 Å². The average molecular weight is 363 g/mol. The smallest absolute Gasteiger partial charge is 0.244 e. The quantitative estimate of drug-likeness (QED) is 0.811. The van der Waals surface area contributed by atoms with Gasteiger partial charge < -0.3 is 9.47 Å². The molecule has 2 aromatic carbocycles. The monoisotopic (exact) mass is 363 g/mol. The Labute approximate surface area is 150 Å². The molecule has 136 valence electrons. The standard InChI is InChI=1S/C19H25NO4S/c1-13(2)15-10-11-18(24-5)19(12-15)25(21,22)20-14(3)16-8-6-7-9-17(16)23-4/h6-14,20H,1-5H3/t14-/m1/s1. The van der Waals surface area contributed by atoms with Crippen LogP contribution in [-0.2, 0) is 10.0 Å². The van der Waals surface area contributed by atoms with Gasteiger partial charge in [-0.05, 0) is 36.6 Å². The van der Waals surface area contributed by atoms with E-state index in [1.807, 2.05) is 38.1 Å². The number of benzene rings is 2. The number of ether oxygens (including phenoxy) is 2. The Bertz CT molecular complexity index is 831. The van der Waals surface area contributed by atoms with Crippen molar-refractivity contribution in [3.8, 4) is 11.5 Å². The summed E-state index contributed by atoms with van der Waals surface area (Å²) in [5.41, 5.74) is 1.71. The first kappa shape index (κ1) is 19.3. The fourth-order valence-electron chi connectivity index (χ4n) is 2.65. The highest BCUT2D eigenvalue weighted by Gasteiger charge is 2.24. The van der Waals surface area contributed by atoms with Crippen molar-refractivity contribution in [1.82, 2.24) is 4.72 Å². The number of methoxy groups -OCH3 is 2. The summed E-state index contributed by atoms with van der Waals surface area (Å²) in [6, 6.07) is 12.1. The van der Waals surface area contributed by atoms with Gasteiger partial charge in [0.1, 0.15) is 16.4 Å². The van der Waals surface area contributed by atoms with Crippen molar-refractivity contribution >= 4 is 10.0 Å². The van der Waals surface area contributed by atoms with Crippen LogP contribution in [0.1, 0.15) is 43.9 Å². The minimum Gasteiger partial charge on any atom is -0.496 e. The van der Waals surface area contributed by atoms with Crippen LogP contribution in [0, 0.1) is 0 Å². The van der Waals surface area contributed by atoms with Crippen LogP contribution in [0.3, 0.4) is 0 Å². The molecule has 0 amide bonds. The number of para-hydroxylation sites is 1. The summed E-state index contributed by atoms with van der Waals surface area (Å²) in [4.78, 5) is 0.142. The van der Waals surface area contributed by atoms with E-state index in [9.17, 15) is 8.42 Å². The normalized spacial score (nSPS) is 12.9. The summed E-state index contributed by atoms with van der Waals surface area (Å²) < 4.78 is 39.2. The SMILES string of the molecule is COc1ccccc1[C@@H](C)NS(=O)(=O)c1cc(C(C)C)ccc1OC. The maximum Gasteiger partial charge on any atom is 0.244 e. The van der Waals surface area contributed by atoms with Crippen molar-refractivity contribution in [2.45, 2.75) is 37.6 Å². The maximum absolute atomic E-state index is 12.9. The van der Waals surface area contributed by atoms with Gasteiger partial charge in [0, 0.05) is 11.6 Å². The molecular formula is C19H25NO4S. The van der Waals surface area contributed by atoms with Gasteiger partial charge in [-0.3, -0.25) is 0 Å². The summed E-state index contributed by atoms with van der Waals surface area (Å²) in [6.45, 7) is 5.82. The molecule has 0 aliphatic carbocycles. The minimum atomic E-state index is -3.76. The Kier molecular flexibility index (Phi) is 6.08. The molecule has 0 saturated heterocycles. The molecule has 0 aliphatic heterocycles. The van der Waals surface area contributed by atoms with E-state index >= 15 is 0 Å². The number of sulfonamides is 1. The highest BCUT2D eigenvalue weighted by Crippen LogP contribution is 2.30. The van der Waals surface area contributed by atoms with E-state index < -0.39 is 16.1 Å². The second-order valence-electron chi connectivity index (χ2n) is 6.15. The van der Waals surface area contributed by atoms with Gasteiger partial charge in [-0.2, -0.15) is 0 Å². The van der Waals surface area contributed by atoms with Gasteiger partial charge in [0.05, 0.1) is 14.2 Å². The fourth-order valence-corrected chi connectivity index (χ4v) is 4.07.